The molecule has 0 aromatic heterocycles. The maximum atomic E-state index is 12.1. The summed E-state index contributed by atoms with van der Waals surface area (Å²) < 4.78 is 16.5. The number of thioether (sulfide) groups is 1. The molecule has 6 heteroatoms. The van der Waals surface area contributed by atoms with E-state index in [1.807, 2.05) is 50.2 Å². The van der Waals surface area contributed by atoms with Crippen LogP contribution >= 0.6 is 11.8 Å². The Morgan fingerprint density at radius 3 is 2.68 bits per heavy atom. The summed E-state index contributed by atoms with van der Waals surface area (Å²) in [6.45, 7) is 4.57. The van der Waals surface area contributed by atoms with Crippen molar-refractivity contribution in [2.24, 2.45) is 5.92 Å². The molecule has 1 atom stereocenters. The van der Waals surface area contributed by atoms with Gasteiger partial charge in [-0.1, -0.05) is 37.3 Å². The van der Waals surface area contributed by atoms with Gasteiger partial charge in [0.05, 0.1) is 24.5 Å². The van der Waals surface area contributed by atoms with E-state index >= 15 is 0 Å². The summed E-state index contributed by atoms with van der Waals surface area (Å²) in [4.78, 5) is 12.9. The van der Waals surface area contributed by atoms with Gasteiger partial charge in [0, 0.05) is 6.07 Å². The van der Waals surface area contributed by atoms with Gasteiger partial charge in [-0.25, -0.2) is 0 Å². The zero-order chi connectivity index (χ0) is 20.4. The van der Waals surface area contributed by atoms with Crippen molar-refractivity contribution in [3.63, 3.8) is 0 Å². The minimum atomic E-state index is -0.195. The van der Waals surface area contributed by atoms with Crippen molar-refractivity contribution in [1.82, 2.24) is 0 Å². The number of nitriles is 1. The average molecular weight is 400 g/mol. The normalized spacial score (nSPS) is 11.4. The molecular weight excluding hydrogens is 374 g/mol. The Hall–Kier alpha value is -2.65. The number of esters is 1. The quantitative estimate of drug-likeness (QED) is 0.239. The van der Waals surface area contributed by atoms with Crippen molar-refractivity contribution >= 4 is 17.7 Å². The van der Waals surface area contributed by atoms with Gasteiger partial charge in [0.25, 0.3) is 0 Å². The van der Waals surface area contributed by atoms with E-state index < -0.39 is 0 Å². The standard InChI is InChI=1S/C22H25NO4S/c1-16(22(24)27-14-18-9-5-4-6-10-18)8-7-11-26-19-12-17(2)21(28-15-23)20(13-19)25-3/h4-6,9-10,12-13,16H,7-8,11,14H2,1-3H3/t16-/m0/s1. The Labute approximate surface area is 170 Å². The van der Waals surface area contributed by atoms with Crippen molar-refractivity contribution in [2.75, 3.05) is 13.7 Å². The summed E-state index contributed by atoms with van der Waals surface area (Å²) in [5.74, 6) is 0.938. The van der Waals surface area contributed by atoms with Crippen LogP contribution in [-0.4, -0.2) is 19.7 Å². The van der Waals surface area contributed by atoms with Gasteiger partial charge < -0.3 is 14.2 Å². The fourth-order valence-corrected chi connectivity index (χ4v) is 3.24. The second-order valence-corrected chi connectivity index (χ2v) is 7.24. The van der Waals surface area contributed by atoms with Gasteiger partial charge in [-0.15, -0.1) is 0 Å². The lowest BCUT2D eigenvalue weighted by Crippen LogP contribution is -2.15. The van der Waals surface area contributed by atoms with Crippen LogP contribution in [0.25, 0.3) is 0 Å². The molecule has 148 valence electrons. The summed E-state index contributed by atoms with van der Waals surface area (Å²) in [7, 11) is 1.57. The predicted molar refractivity (Wildman–Crippen MR) is 109 cm³/mol. The summed E-state index contributed by atoms with van der Waals surface area (Å²) in [5.41, 5.74) is 1.91. The fourth-order valence-electron chi connectivity index (χ4n) is 2.69. The number of aryl methyl sites for hydroxylation is 1. The van der Waals surface area contributed by atoms with Gasteiger partial charge in [-0.3, -0.25) is 4.79 Å². The van der Waals surface area contributed by atoms with Crippen LogP contribution in [0.4, 0.5) is 0 Å². The van der Waals surface area contributed by atoms with Crippen LogP contribution in [0.5, 0.6) is 11.5 Å². The van der Waals surface area contributed by atoms with E-state index in [1.165, 1.54) is 0 Å². The lowest BCUT2D eigenvalue weighted by atomic mass is 10.1. The molecule has 5 nitrogen and oxygen atoms in total. The van der Waals surface area contributed by atoms with E-state index in [2.05, 4.69) is 5.40 Å². The molecule has 0 N–H and O–H groups in total. The molecule has 0 saturated carbocycles. The number of carbonyl (C=O) groups excluding carboxylic acids is 1. The number of rotatable bonds is 10. The second-order valence-electron chi connectivity index (χ2n) is 6.45. The number of thiocyanates is 1. The van der Waals surface area contributed by atoms with Gasteiger partial charge in [0.2, 0.25) is 0 Å². The third-order valence-corrected chi connectivity index (χ3v) is 5.08. The molecular formula is C22H25NO4S. The Morgan fingerprint density at radius 2 is 2.00 bits per heavy atom. The monoisotopic (exact) mass is 399 g/mol. The van der Waals surface area contributed by atoms with E-state index in [1.54, 1.807) is 13.2 Å². The number of methoxy groups -OCH3 is 1. The molecule has 0 aliphatic carbocycles. The highest BCUT2D eigenvalue weighted by Gasteiger charge is 2.15. The highest BCUT2D eigenvalue weighted by molar-refractivity contribution is 8.03. The molecule has 2 aromatic carbocycles. The van der Waals surface area contributed by atoms with E-state index in [4.69, 9.17) is 19.5 Å². The number of hydrogen-bond acceptors (Lipinski definition) is 6. The van der Waals surface area contributed by atoms with Crippen LogP contribution in [0.2, 0.25) is 0 Å². The second kappa shape index (κ2) is 11.3. The van der Waals surface area contributed by atoms with Crippen LogP contribution in [0.3, 0.4) is 0 Å². The van der Waals surface area contributed by atoms with E-state index in [9.17, 15) is 4.79 Å². The molecule has 0 saturated heterocycles. The minimum Gasteiger partial charge on any atom is -0.495 e. The maximum absolute atomic E-state index is 12.1. The highest BCUT2D eigenvalue weighted by Crippen LogP contribution is 2.35. The van der Waals surface area contributed by atoms with Crippen LogP contribution < -0.4 is 9.47 Å². The first-order chi connectivity index (χ1) is 13.5. The van der Waals surface area contributed by atoms with Crippen LogP contribution in [0.15, 0.2) is 47.4 Å². The average Bonchev–Trinajstić information content (AvgIpc) is 2.71. The summed E-state index contributed by atoms with van der Waals surface area (Å²) in [6, 6.07) is 13.3. The Kier molecular flexibility index (Phi) is 8.70. The van der Waals surface area contributed by atoms with Crippen molar-refractivity contribution < 1.29 is 19.0 Å². The molecule has 0 unspecified atom stereocenters. The van der Waals surface area contributed by atoms with E-state index in [0.717, 1.165) is 34.2 Å². The smallest absolute Gasteiger partial charge is 0.308 e. The van der Waals surface area contributed by atoms with Crippen molar-refractivity contribution in [2.45, 2.75) is 38.2 Å². The zero-order valence-electron chi connectivity index (χ0n) is 16.4. The number of carbonyl (C=O) groups is 1. The van der Waals surface area contributed by atoms with E-state index in [-0.39, 0.29) is 11.9 Å². The van der Waals surface area contributed by atoms with Crippen LogP contribution in [0, 0.1) is 23.5 Å². The molecule has 0 fully saturated rings. The lowest BCUT2D eigenvalue weighted by Gasteiger charge is -2.14. The lowest BCUT2D eigenvalue weighted by molar-refractivity contribution is -0.149. The Morgan fingerprint density at radius 1 is 1.25 bits per heavy atom. The summed E-state index contributed by atoms with van der Waals surface area (Å²) in [6.07, 6.45) is 1.42. The van der Waals surface area contributed by atoms with Gasteiger partial charge in [-0.2, -0.15) is 5.26 Å². The molecule has 0 bridgehead atoms. The van der Waals surface area contributed by atoms with Gasteiger partial charge in [0.1, 0.15) is 23.5 Å². The Bertz CT molecular complexity index is 817. The van der Waals surface area contributed by atoms with Gasteiger partial charge in [-0.05, 0) is 48.7 Å². The zero-order valence-corrected chi connectivity index (χ0v) is 17.3. The third kappa shape index (κ3) is 6.50. The number of benzene rings is 2. The first-order valence-corrected chi connectivity index (χ1v) is 9.94. The number of hydrogen-bond donors (Lipinski definition) is 0. The molecule has 0 aliphatic heterocycles. The number of nitrogens with zero attached hydrogens (tertiary/aromatic N) is 1. The molecule has 0 amide bonds. The topological polar surface area (TPSA) is 68.6 Å². The van der Waals surface area contributed by atoms with Crippen LogP contribution in [0.1, 0.15) is 30.9 Å². The molecule has 28 heavy (non-hydrogen) atoms. The summed E-state index contributed by atoms with van der Waals surface area (Å²) in [5, 5.41) is 11.0. The first kappa shape index (κ1) is 21.6. The summed E-state index contributed by atoms with van der Waals surface area (Å²) >= 11 is 1.07. The molecule has 2 rings (SSSR count). The first-order valence-electron chi connectivity index (χ1n) is 9.13. The molecule has 0 radical (unpaired) electrons. The van der Waals surface area contributed by atoms with Crippen molar-refractivity contribution in [1.29, 1.82) is 5.26 Å². The largest absolute Gasteiger partial charge is 0.495 e. The van der Waals surface area contributed by atoms with Crippen molar-refractivity contribution in [3.05, 3.63) is 53.6 Å². The minimum absolute atomic E-state index is 0.182. The maximum Gasteiger partial charge on any atom is 0.308 e. The fraction of sp³-hybridized carbons (Fsp3) is 0.364. The molecule has 0 spiro atoms. The highest BCUT2D eigenvalue weighted by atomic mass is 32.2. The van der Waals surface area contributed by atoms with E-state index in [0.29, 0.717) is 31.1 Å². The number of ether oxygens (including phenoxy) is 3. The third-order valence-electron chi connectivity index (χ3n) is 4.26. The molecule has 2 aromatic rings. The predicted octanol–water partition coefficient (Wildman–Crippen LogP) is 5.12. The van der Waals surface area contributed by atoms with Crippen molar-refractivity contribution in [3.8, 4) is 16.9 Å². The molecule has 0 aliphatic rings. The van der Waals surface area contributed by atoms with Gasteiger partial charge >= 0.3 is 5.97 Å². The SMILES string of the molecule is COc1cc(OCCC[C@H](C)C(=O)OCc2ccccc2)cc(C)c1SC#N. The molecule has 0 heterocycles. The van der Waals surface area contributed by atoms with Gasteiger partial charge in [0.15, 0.2) is 0 Å². The Balaban J connectivity index is 1.76. The van der Waals surface area contributed by atoms with Crippen LogP contribution in [-0.2, 0) is 16.1 Å².